The number of carbonyl (C=O) groups excluding carboxylic acids is 3. The van der Waals surface area contributed by atoms with Gasteiger partial charge in [-0.3, -0.25) is 25.2 Å². The van der Waals surface area contributed by atoms with Gasteiger partial charge in [0.05, 0.1) is 16.1 Å². The molecule has 0 atom stereocenters. The number of thiophene rings is 1. The Balaban J connectivity index is 1.61. The standard InChI is InChI=1S/C23H23N3O4S/c1-15-10-11-16(2)19(13-15)30-14-21(27)24-25-22(28)17-7-4-5-8-18(17)26(3)23(29)20-9-6-12-31-20/h4-13H,14H2,1-3H3,(H,24,27)(H,25,28). The number of hydrazine groups is 1. The summed E-state index contributed by atoms with van der Waals surface area (Å²) in [4.78, 5) is 39.4. The molecule has 160 valence electrons. The molecule has 0 aliphatic rings. The van der Waals surface area contributed by atoms with E-state index in [1.165, 1.54) is 16.2 Å². The maximum absolute atomic E-state index is 12.7. The second-order valence-electron chi connectivity index (χ2n) is 6.92. The molecule has 1 heterocycles. The number of hydrogen-bond acceptors (Lipinski definition) is 5. The third kappa shape index (κ3) is 5.49. The summed E-state index contributed by atoms with van der Waals surface area (Å²) in [7, 11) is 1.60. The number of rotatable bonds is 6. The zero-order valence-electron chi connectivity index (χ0n) is 17.5. The maximum atomic E-state index is 12.7. The van der Waals surface area contributed by atoms with Crippen molar-refractivity contribution in [3.63, 3.8) is 0 Å². The van der Waals surface area contributed by atoms with Gasteiger partial charge in [0.25, 0.3) is 17.7 Å². The fraction of sp³-hybridized carbons (Fsp3) is 0.174. The predicted octanol–water partition coefficient (Wildman–Crippen LogP) is 3.48. The minimum Gasteiger partial charge on any atom is -0.483 e. The summed E-state index contributed by atoms with van der Waals surface area (Å²) < 4.78 is 5.54. The molecular weight excluding hydrogens is 414 g/mol. The van der Waals surface area contributed by atoms with E-state index in [0.717, 1.165) is 11.1 Å². The lowest BCUT2D eigenvalue weighted by atomic mass is 10.1. The Morgan fingerprint density at radius 2 is 1.77 bits per heavy atom. The number of para-hydroxylation sites is 1. The van der Waals surface area contributed by atoms with E-state index in [2.05, 4.69) is 10.9 Å². The average Bonchev–Trinajstić information content (AvgIpc) is 3.32. The minimum absolute atomic E-state index is 0.221. The largest absolute Gasteiger partial charge is 0.483 e. The van der Waals surface area contributed by atoms with Crippen LogP contribution in [0.3, 0.4) is 0 Å². The Labute approximate surface area is 184 Å². The van der Waals surface area contributed by atoms with Gasteiger partial charge < -0.3 is 9.64 Å². The third-order valence-electron chi connectivity index (χ3n) is 4.56. The molecule has 0 fully saturated rings. The van der Waals surface area contributed by atoms with Crippen molar-refractivity contribution in [2.75, 3.05) is 18.6 Å². The van der Waals surface area contributed by atoms with Crippen molar-refractivity contribution in [1.29, 1.82) is 0 Å². The number of hydrogen-bond donors (Lipinski definition) is 2. The molecule has 8 heteroatoms. The van der Waals surface area contributed by atoms with Gasteiger partial charge in [-0.2, -0.15) is 0 Å². The highest BCUT2D eigenvalue weighted by atomic mass is 32.1. The van der Waals surface area contributed by atoms with E-state index in [1.807, 2.05) is 37.4 Å². The van der Waals surface area contributed by atoms with Crippen LogP contribution in [0.4, 0.5) is 5.69 Å². The summed E-state index contributed by atoms with van der Waals surface area (Å²) >= 11 is 1.33. The first-order valence-corrected chi connectivity index (χ1v) is 10.4. The van der Waals surface area contributed by atoms with Crippen molar-refractivity contribution in [3.05, 3.63) is 81.5 Å². The summed E-state index contributed by atoms with van der Waals surface area (Å²) in [5.74, 6) is -0.655. The number of benzene rings is 2. The number of nitrogens with one attached hydrogen (secondary N) is 2. The summed E-state index contributed by atoms with van der Waals surface area (Å²) in [6, 6.07) is 15.9. The molecule has 0 radical (unpaired) electrons. The molecule has 3 amide bonds. The van der Waals surface area contributed by atoms with E-state index >= 15 is 0 Å². The second kappa shape index (κ2) is 9.90. The predicted molar refractivity (Wildman–Crippen MR) is 121 cm³/mol. The van der Waals surface area contributed by atoms with Crippen LogP contribution in [0.1, 0.15) is 31.2 Å². The van der Waals surface area contributed by atoms with Crippen LogP contribution in [0.2, 0.25) is 0 Å². The van der Waals surface area contributed by atoms with Crippen LogP contribution < -0.4 is 20.5 Å². The van der Waals surface area contributed by atoms with Crippen molar-refractivity contribution in [1.82, 2.24) is 10.9 Å². The van der Waals surface area contributed by atoms with Crippen molar-refractivity contribution in [2.24, 2.45) is 0 Å². The Bertz CT molecular complexity index is 1100. The Hall–Kier alpha value is -3.65. The van der Waals surface area contributed by atoms with Gasteiger partial charge in [0.1, 0.15) is 5.75 Å². The van der Waals surface area contributed by atoms with Gasteiger partial charge in [0.2, 0.25) is 0 Å². The van der Waals surface area contributed by atoms with Gasteiger partial charge in [-0.05, 0) is 54.6 Å². The Kier molecular flexibility index (Phi) is 7.04. The molecule has 2 aromatic carbocycles. The molecule has 0 spiro atoms. The first kappa shape index (κ1) is 22.0. The molecule has 0 unspecified atom stereocenters. The number of ether oxygens (including phenoxy) is 1. The number of aryl methyl sites for hydroxylation is 2. The molecule has 3 rings (SSSR count). The normalized spacial score (nSPS) is 10.3. The van der Waals surface area contributed by atoms with E-state index < -0.39 is 11.8 Å². The van der Waals surface area contributed by atoms with E-state index in [0.29, 0.717) is 16.3 Å². The average molecular weight is 438 g/mol. The summed E-state index contributed by atoms with van der Waals surface area (Å²) in [5.41, 5.74) is 7.34. The van der Waals surface area contributed by atoms with Crippen LogP contribution in [-0.4, -0.2) is 31.4 Å². The first-order valence-electron chi connectivity index (χ1n) is 9.56. The molecule has 0 aliphatic carbocycles. The lowest BCUT2D eigenvalue weighted by Gasteiger charge is -2.20. The lowest BCUT2D eigenvalue weighted by molar-refractivity contribution is -0.123. The van der Waals surface area contributed by atoms with Crippen LogP contribution in [0.5, 0.6) is 5.75 Å². The molecule has 0 saturated heterocycles. The number of anilines is 1. The maximum Gasteiger partial charge on any atom is 0.276 e. The SMILES string of the molecule is Cc1ccc(C)c(OCC(=O)NNC(=O)c2ccccc2N(C)C(=O)c2cccs2)c1. The van der Waals surface area contributed by atoms with Crippen LogP contribution >= 0.6 is 11.3 Å². The summed E-state index contributed by atoms with van der Waals surface area (Å²) in [5, 5.41) is 1.82. The van der Waals surface area contributed by atoms with Gasteiger partial charge in [-0.25, -0.2) is 0 Å². The molecule has 0 aliphatic heterocycles. The highest BCUT2D eigenvalue weighted by Crippen LogP contribution is 2.22. The molecule has 31 heavy (non-hydrogen) atoms. The minimum atomic E-state index is -0.540. The van der Waals surface area contributed by atoms with Gasteiger partial charge in [-0.1, -0.05) is 30.3 Å². The van der Waals surface area contributed by atoms with Crippen LogP contribution in [0.15, 0.2) is 60.0 Å². The molecular formula is C23H23N3O4S. The van der Waals surface area contributed by atoms with E-state index in [4.69, 9.17) is 4.74 Å². The quantitative estimate of drug-likeness (QED) is 0.578. The third-order valence-corrected chi connectivity index (χ3v) is 5.42. The van der Waals surface area contributed by atoms with Gasteiger partial charge in [0.15, 0.2) is 6.61 Å². The highest BCUT2D eigenvalue weighted by molar-refractivity contribution is 7.12. The second-order valence-corrected chi connectivity index (χ2v) is 7.87. The van der Waals surface area contributed by atoms with Crippen molar-refractivity contribution < 1.29 is 19.1 Å². The highest BCUT2D eigenvalue weighted by Gasteiger charge is 2.20. The summed E-state index contributed by atoms with van der Waals surface area (Å²) in [6.07, 6.45) is 0. The number of nitrogens with zero attached hydrogens (tertiary/aromatic N) is 1. The van der Waals surface area contributed by atoms with Gasteiger partial charge in [-0.15, -0.1) is 11.3 Å². The van der Waals surface area contributed by atoms with Crippen LogP contribution in [0, 0.1) is 13.8 Å². The molecule has 1 aromatic heterocycles. The lowest BCUT2D eigenvalue weighted by Crippen LogP contribution is -2.44. The molecule has 2 N–H and O–H groups in total. The zero-order valence-corrected chi connectivity index (χ0v) is 18.3. The van der Waals surface area contributed by atoms with Crippen molar-refractivity contribution >= 4 is 34.7 Å². The molecule has 3 aromatic rings. The fourth-order valence-corrected chi connectivity index (χ4v) is 3.57. The molecule has 0 saturated carbocycles. The van der Waals surface area contributed by atoms with E-state index in [1.54, 1.807) is 43.4 Å². The Morgan fingerprint density at radius 1 is 1.00 bits per heavy atom. The van der Waals surface area contributed by atoms with E-state index in [9.17, 15) is 14.4 Å². The van der Waals surface area contributed by atoms with Crippen molar-refractivity contribution in [3.8, 4) is 5.75 Å². The smallest absolute Gasteiger partial charge is 0.276 e. The van der Waals surface area contributed by atoms with E-state index in [-0.39, 0.29) is 18.1 Å². The number of carbonyl (C=O) groups is 3. The van der Waals surface area contributed by atoms with Gasteiger partial charge >= 0.3 is 0 Å². The molecule has 0 bridgehead atoms. The monoisotopic (exact) mass is 437 g/mol. The zero-order chi connectivity index (χ0) is 22.4. The summed E-state index contributed by atoms with van der Waals surface area (Å²) in [6.45, 7) is 3.58. The van der Waals surface area contributed by atoms with Crippen LogP contribution in [0.25, 0.3) is 0 Å². The van der Waals surface area contributed by atoms with Gasteiger partial charge in [0, 0.05) is 7.05 Å². The van der Waals surface area contributed by atoms with Crippen molar-refractivity contribution in [2.45, 2.75) is 13.8 Å². The molecule has 7 nitrogen and oxygen atoms in total. The van der Waals surface area contributed by atoms with Crippen LogP contribution in [-0.2, 0) is 4.79 Å². The number of amides is 3. The first-order chi connectivity index (χ1) is 14.9. The Morgan fingerprint density at radius 3 is 2.52 bits per heavy atom. The topological polar surface area (TPSA) is 87.7 Å². The fourth-order valence-electron chi connectivity index (χ4n) is 2.87.